The van der Waals surface area contributed by atoms with Gasteiger partial charge in [-0.25, -0.2) is 0 Å². The number of carbonyl (C=O) groups excluding carboxylic acids is 1. The first-order chi connectivity index (χ1) is 5.11. The van der Waals surface area contributed by atoms with Crippen LogP contribution in [0.5, 0.6) is 0 Å². The van der Waals surface area contributed by atoms with Gasteiger partial charge in [-0.05, 0) is 12.3 Å². The first-order valence-corrected chi connectivity index (χ1v) is 3.98. The van der Waals surface area contributed by atoms with Crippen molar-refractivity contribution in [3.63, 3.8) is 0 Å². The number of carbonyl (C=O) groups is 1. The Kier molecular flexibility index (Phi) is 4.59. The van der Waals surface area contributed by atoms with Crippen LogP contribution in [0.1, 0.15) is 33.6 Å². The highest BCUT2D eigenvalue weighted by molar-refractivity contribution is 5.95. The second-order valence-corrected chi connectivity index (χ2v) is 3.03. The van der Waals surface area contributed by atoms with E-state index in [-0.39, 0.29) is 5.78 Å². The topological polar surface area (TPSA) is 37.3 Å². The number of hydrogen-bond acceptors (Lipinski definition) is 2. The van der Waals surface area contributed by atoms with E-state index in [0.717, 1.165) is 6.26 Å². The van der Waals surface area contributed by atoms with Gasteiger partial charge in [-0.15, -0.1) is 0 Å². The molecule has 64 valence electrons. The molecular weight excluding hydrogens is 140 g/mol. The summed E-state index contributed by atoms with van der Waals surface area (Å²) in [5, 5.41) is 8.63. The molecule has 0 aliphatic heterocycles. The molecule has 0 radical (unpaired) electrons. The summed E-state index contributed by atoms with van der Waals surface area (Å²) < 4.78 is 0. The van der Waals surface area contributed by atoms with Crippen LogP contribution in [-0.2, 0) is 4.79 Å². The summed E-state index contributed by atoms with van der Waals surface area (Å²) in [6, 6.07) is 0. The molecule has 0 rings (SSSR count). The molecular formula is C9H16O2. The quantitative estimate of drug-likeness (QED) is 0.501. The number of aliphatic hydroxyl groups excluding tert-OH is 1. The SMILES string of the molecule is CC/C(=C/O)C(=O)CC(C)C. The summed E-state index contributed by atoms with van der Waals surface area (Å²) in [4.78, 5) is 11.2. The Balaban J connectivity index is 4.02. The molecule has 0 bridgehead atoms. The van der Waals surface area contributed by atoms with Crippen molar-refractivity contribution in [2.24, 2.45) is 5.92 Å². The van der Waals surface area contributed by atoms with Gasteiger partial charge in [-0.1, -0.05) is 20.8 Å². The molecule has 0 aromatic heterocycles. The van der Waals surface area contributed by atoms with Crippen molar-refractivity contribution in [3.05, 3.63) is 11.8 Å². The molecule has 1 N–H and O–H groups in total. The van der Waals surface area contributed by atoms with Gasteiger partial charge in [0, 0.05) is 12.0 Å². The van der Waals surface area contributed by atoms with Crippen LogP contribution < -0.4 is 0 Å². The maximum absolute atomic E-state index is 11.2. The van der Waals surface area contributed by atoms with Gasteiger partial charge in [0.25, 0.3) is 0 Å². The van der Waals surface area contributed by atoms with E-state index in [1.807, 2.05) is 20.8 Å². The lowest BCUT2D eigenvalue weighted by atomic mass is 10.0. The van der Waals surface area contributed by atoms with Crippen molar-refractivity contribution in [1.82, 2.24) is 0 Å². The van der Waals surface area contributed by atoms with Crippen LogP contribution in [0.4, 0.5) is 0 Å². The van der Waals surface area contributed by atoms with Gasteiger partial charge in [0.05, 0.1) is 6.26 Å². The van der Waals surface area contributed by atoms with E-state index in [4.69, 9.17) is 5.11 Å². The van der Waals surface area contributed by atoms with Crippen LogP contribution >= 0.6 is 0 Å². The predicted octanol–water partition coefficient (Wildman–Crippen LogP) is 2.45. The molecule has 0 aliphatic rings. The van der Waals surface area contributed by atoms with Crippen LogP contribution in [0.3, 0.4) is 0 Å². The maximum atomic E-state index is 11.2. The monoisotopic (exact) mass is 156 g/mol. The normalized spacial score (nSPS) is 12.2. The number of hydrogen-bond donors (Lipinski definition) is 1. The fraction of sp³-hybridized carbons (Fsp3) is 0.667. The van der Waals surface area contributed by atoms with Gasteiger partial charge in [0.2, 0.25) is 0 Å². The molecule has 0 unspecified atom stereocenters. The second-order valence-electron chi connectivity index (χ2n) is 3.03. The van der Waals surface area contributed by atoms with Gasteiger partial charge in [-0.2, -0.15) is 0 Å². The Morgan fingerprint density at radius 1 is 1.55 bits per heavy atom. The summed E-state index contributed by atoms with van der Waals surface area (Å²) in [5.74, 6) is 0.425. The summed E-state index contributed by atoms with van der Waals surface area (Å²) in [5.41, 5.74) is 0.527. The summed E-state index contributed by atoms with van der Waals surface area (Å²) >= 11 is 0. The van der Waals surface area contributed by atoms with Crippen molar-refractivity contribution in [3.8, 4) is 0 Å². The third-order valence-corrected chi connectivity index (χ3v) is 1.49. The van der Waals surface area contributed by atoms with Crippen LogP contribution in [0, 0.1) is 5.92 Å². The Labute approximate surface area is 67.9 Å². The first kappa shape index (κ1) is 10.2. The molecule has 0 aromatic carbocycles. The van der Waals surface area contributed by atoms with Gasteiger partial charge >= 0.3 is 0 Å². The van der Waals surface area contributed by atoms with Crippen LogP contribution in [0.15, 0.2) is 11.8 Å². The van der Waals surface area contributed by atoms with E-state index in [1.54, 1.807) is 0 Å². The standard InChI is InChI=1S/C9H16O2/c1-4-8(6-10)9(11)5-7(2)3/h6-7,10H,4-5H2,1-3H3/b8-6-. The second kappa shape index (κ2) is 4.94. The Bertz CT molecular complexity index is 157. The highest BCUT2D eigenvalue weighted by Gasteiger charge is 2.08. The lowest BCUT2D eigenvalue weighted by molar-refractivity contribution is -0.116. The molecule has 11 heavy (non-hydrogen) atoms. The zero-order chi connectivity index (χ0) is 8.85. The summed E-state index contributed by atoms with van der Waals surface area (Å²) in [6.07, 6.45) is 2.06. The summed E-state index contributed by atoms with van der Waals surface area (Å²) in [6.45, 7) is 5.84. The molecule has 0 fully saturated rings. The first-order valence-electron chi connectivity index (χ1n) is 3.98. The van der Waals surface area contributed by atoms with E-state index < -0.39 is 0 Å². The average Bonchev–Trinajstić information content (AvgIpc) is 1.88. The minimum Gasteiger partial charge on any atom is -0.515 e. The Morgan fingerprint density at radius 2 is 2.09 bits per heavy atom. The van der Waals surface area contributed by atoms with E-state index in [9.17, 15) is 4.79 Å². The fourth-order valence-corrected chi connectivity index (χ4v) is 0.862. The lowest BCUT2D eigenvalue weighted by Gasteiger charge is -2.04. The van der Waals surface area contributed by atoms with Gasteiger partial charge in [-0.3, -0.25) is 4.79 Å². The fourth-order valence-electron chi connectivity index (χ4n) is 0.862. The van der Waals surface area contributed by atoms with E-state index >= 15 is 0 Å². The molecule has 0 aromatic rings. The Morgan fingerprint density at radius 3 is 2.36 bits per heavy atom. The van der Waals surface area contributed by atoms with E-state index in [1.165, 1.54) is 0 Å². The minimum atomic E-state index is 0.0602. The minimum absolute atomic E-state index is 0.0602. The predicted molar refractivity (Wildman–Crippen MR) is 45.5 cm³/mol. The van der Waals surface area contributed by atoms with Crippen molar-refractivity contribution in [2.75, 3.05) is 0 Å². The molecule has 0 saturated heterocycles. The maximum Gasteiger partial charge on any atom is 0.162 e. The zero-order valence-electron chi connectivity index (χ0n) is 7.42. The van der Waals surface area contributed by atoms with Crippen molar-refractivity contribution in [2.45, 2.75) is 33.6 Å². The number of rotatable bonds is 4. The molecule has 0 atom stereocenters. The average molecular weight is 156 g/mol. The molecule has 2 heteroatoms. The van der Waals surface area contributed by atoms with E-state index in [2.05, 4.69) is 0 Å². The highest BCUT2D eigenvalue weighted by atomic mass is 16.2. The van der Waals surface area contributed by atoms with Crippen LogP contribution in [-0.4, -0.2) is 10.9 Å². The molecule has 0 amide bonds. The van der Waals surface area contributed by atoms with Crippen LogP contribution in [0.25, 0.3) is 0 Å². The molecule has 0 heterocycles. The third kappa shape index (κ3) is 3.81. The number of ketones is 1. The highest BCUT2D eigenvalue weighted by Crippen LogP contribution is 2.09. The summed E-state index contributed by atoms with van der Waals surface area (Å²) in [7, 11) is 0. The van der Waals surface area contributed by atoms with E-state index in [0.29, 0.717) is 24.3 Å². The lowest BCUT2D eigenvalue weighted by Crippen LogP contribution is -2.05. The number of aliphatic hydroxyl groups is 1. The number of allylic oxidation sites excluding steroid dienone is 1. The van der Waals surface area contributed by atoms with Gasteiger partial charge in [0.15, 0.2) is 5.78 Å². The zero-order valence-corrected chi connectivity index (χ0v) is 7.42. The van der Waals surface area contributed by atoms with Crippen molar-refractivity contribution in [1.29, 1.82) is 0 Å². The smallest absolute Gasteiger partial charge is 0.162 e. The van der Waals surface area contributed by atoms with Crippen molar-refractivity contribution < 1.29 is 9.90 Å². The molecule has 0 spiro atoms. The number of Topliss-reactive ketones (excluding diaryl/α,β-unsaturated/α-hetero) is 1. The molecule has 0 saturated carbocycles. The Hall–Kier alpha value is -0.790. The van der Waals surface area contributed by atoms with Gasteiger partial charge in [0.1, 0.15) is 0 Å². The van der Waals surface area contributed by atoms with Gasteiger partial charge < -0.3 is 5.11 Å². The molecule has 2 nitrogen and oxygen atoms in total. The van der Waals surface area contributed by atoms with Crippen LogP contribution in [0.2, 0.25) is 0 Å². The third-order valence-electron chi connectivity index (χ3n) is 1.49. The van der Waals surface area contributed by atoms with Crippen molar-refractivity contribution >= 4 is 5.78 Å². The molecule has 0 aliphatic carbocycles. The largest absolute Gasteiger partial charge is 0.515 e.